The molecular weight excluding hydrogens is 460 g/mol. The molecule has 7 heteroatoms. The second-order valence-corrected chi connectivity index (χ2v) is 10.6. The van der Waals surface area contributed by atoms with Crippen LogP contribution in [-0.2, 0) is 27.7 Å². The van der Waals surface area contributed by atoms with Gasteiger partial charge < -0.3 is 10.1 Å². The van der Waals surface area contributed by atoms with E-state index >= 15 is 0 Å². The lowest BCUT2D eigenvalue weighted by molar-refractivity contribution is -0.120. The van der Waals surface area contributed by atoms with Gasteiger partial charge in [0.15, 0.2) is 0 Å². The number of carbonyl (C=O) groups is 1. The van der Waals surface area contributed by atoms with Crippen molar-refractivity contribution in [2.24, 2.45) is 0 Å². The third-order valence-corrected chi connectivity index (χ3v) is 8.29. The standard InChI is InChI=1S/C28H32N2O4S/c1-3-27(23-14-13-21-9-7-8-10-22(21)19-23)29-28(31)20-30(24-15-17-25(34-2)18-16-24)35(32,33)26-11-5-4-6-12-26/h4-6,11-19,27H,3,7-10,20H2,1-2H3,(H,29,31)/t27-/m0/s1. The topological polar surface area (TPSA) is 75.7 Å². The summed E-state index contributed by atoms with van der Waals surface area (Å²) in [5.41, 5.74) is 4.20. The quantitative estimate of drug-likeness (QED) is 0.454. The smallest absolute Gasteiger partial charge is 0.264 e. The minimum absolute atomic E-state index is 0.130. The first kappa shape index (κ1) is 24.8. The molecule has 0 heterocycles. The molecule has 184 valence electrons. The summed E-state index contributed by atoms with van der Waals surface area (Å²) in [6.45, 7) is 1.69. The van der Waals surface area contributed by atoms with Gasteiger partial charge in [-0.15, -0.1) is 0 Å². The molecule has 3 aromatic carbocycles. The van der Waals surface area contributed by atoms with Gasteiger partial charge in [0.25, 0.3) is 10.0 Å². The minimum atomic E-state index is -3.96. The fraction of sp³-hybridized carbons (Fsp3) is 0.321. The van der Waals surface area contributed by atoms with Crippen LogP contribution in [0.5, 0.6) is 5.75 Å². The fourth-order valence-corrected chi connectivity index (χ4v) is 5.99. The Morgan fingerprint density at radius 1 is 0.971 bits per heavy atom. The highest BCUT2D eigenvalue weighted by Crippen LogP contribution is 2.28. The number of sulfonamides is 1. The molecule has 1 aliphatic rings. The number of carbonyl (C=O) groups excluding carboxylic acids is 1. The molecule has 0 fully saturated rings. The van der Waals surface area contributed by atoms with Crippen LogP contribution in [0, 0.1) is 0 Å². The summed E-state index contributed by atoms with van der Waals surface area (Å²) in [4.78, 5) is 13.3. The van der Waals surface area contributed by atoms with Crippen LogP contribution in [0.4, 0.5) is 5.69 Å². The highest BCUT2D eigenvalue weighted by Gasteiger charge is 2.28. The largest absolute Gasteiger partial charge is 0.497 e. The van der Waals surface area contributed by atoms with E-state index in [1.54, 1.807) is 49.6 Å². The Balaban J connectivity index is 1.59. The fourth-order valence-electron chi connectivity index (χ4n) is 4.54. The lowest BCUT2D eigenvalue weighted by atomic mass is 9.89. The Morgan fingerprint density at radius 2 is 1.66 bits per heavy atom. The van der Waals surface area contributed by atoms with Crippen LogP contribution in [0.15, 0.2) is 77.7 Å². The van der Waals surface area contributed by atoms with Gasteiger partial charge in [-0.3, -0.25) is 9.10 Å². The van der Waals surface area contributed by atoms with Crippen LogP contribution in [0.25, 0.3) is 0 Å². The molecule has 1 atom stereocenters. The van der Waals surface area contributed by atoms with Gasteiger partial charge in [0.05, 0.1) is 23.7 Å². The van der Waals surface area contributed by atoms with Crippen LogP contribution >= 0.6 is 0 Å². The Hall–Kier alpha value is -3.32. The Labute approximate surface area is 208 Å². The molecule has 0 unspecified atom stereocenters. The number of methoxy groups -OCH3 is 1. The van der Waals surface area contributed by atoms with E-state index in [0.29, 0.717) is 17.9 Å². The molecule has 0 aromatic heterocycles. The predicted octanol–water partition coefficient (Wildman–Crippen LogP) is 5.04. The number of anilines is 1. The molecule has 0 saturated carbocycles. The van der Waals surface area contributed by atoms with Crippen molar-refractivity contribution in [2.75, 3.05) is 18.0 Å². The number of fused-ring (bicyclic) bond motifs is 1. The number of hydrogen-bond donors (Lipinski definition) is 1. The average molecular weight is 493 g/mol. The molecule has 1 aliphatic carbocycles. The van der Waals surface area contributed by atoms with Crippen molar-refractivity contribution in [3.05, 3.63) is 89.5 Å². The van der Waals surface area contributed by atoms with Gasteiger partial charge in [-0.2, -0.15) is 0 Å². The molecule has 0 saturated heterocycles. The number of nitrogens with one attached hydrogen (secondary N) is 1. The van der Waals surface area contributed by atoms with Crippen LogP contribution in [-0.4, -0.2) is 28.0 Å². The summed E-state index contributed by atoms with van der Waals surface area (Å²) >= 11 is 0. The van der Waals surface area contributed by atoms with Crippen molar-refractivity contribution in [3.63, 3.8) is 0 Å². The van der Waals surface area contributed by atoms with Gasteiger partial charge in [0, 0.05) is 0 Å². The zero-order chi connectivity index (χ0) is 24.8. The number of aryl methyl sites for hydroxylation is 2. The number of amides is 1. The molecule has 6 nitrogen and oxygen atoms in total. The van der Waals surface area contributed by atoms with Crippen molar-refractivity contribution in [3.8, 4) is 5.75 Å². The van der Waals surface area contributed by atoms with Gasteiger partial charge in [0.2, 0.25) is 5.91 Å². The first-order valence-electron chi connectivity index (χ1n) is 12.0. The van der Waals surface area contributed by atoms with Gasteiger partial charge in [-0.1, -0.05) is 43.3 Å². The van der Waals surface area contributed by atoms with Gasteiger partial charge in [0.1, 0.15) is 12.3 Å². The van der Waals surface area contributed by atoms with E-state index in [9.17, 15) is 13.2 Å². The van der Waals surface area contributed by atoms with Crippen molar-refractivity contribution in [2.45, 2.75) is 50.0 Å². The van der Waals surface area contributed by atoms with E-state index in [-0.39, 0.29) is 23.4 Å². The maximum Gasteiger partial charge on any atom is 0.264 e. The molecule has 3 aromatic rings. The SMILES string of the molecule is CC[C@H](NC(=O)CN(c1ccc(OC)cc1)S(=O)(=O)c1ccccc1)c1ccc2c(c1)CCCC2. The Morgan fingerprint density at radius 3 is 2.31 bits per heavy atom. The van der Waals surface area contributed by atoms with E-state index < -0.39 is 10.0 Å². The van der Waals surface area contributed by atoms with E-state index in [1.807, 2.05) is 6.92 Å². The summed E-state index contributed by atoms with van der Waals surface area (Å²) in [5, 5.41) is 3.07. The zero-order valence-electron chi connectivity index (χ0n) is 20.2. The number of ether oxygens (including phenoxy) is 1. The highest BCUT2D eigenvalue weighted by atomic mass is 32.2. The maximum atomic E-state index is 13.5. The van der Waals surface area contributed by atoms with E-state index in [4.69, 9.17) is 4.74 Å². The van der Waals surface area contributed by atoms with Gasteiger partial charge in [-0.05, 0) is 85.2 Å². The molecule has 0 bridgehead atoms. The maximum absolute atomic E-state index is 13.5. The summed E-state index contributed by atoms with van der Waals surface area (Å²) in [6, 6.07) is 21.1. The molecule has 1 N–H and O–H groups in total. The molecule has 0 radical (unpaired) electrons. The Bertz CT molecular complexity index is 1260. The molecule has 4 rings (SSSR count). The van der Waals surface area contributed by atoms with Crippen molar-refractivity contribution >= 4 is 21.6 Å². The monoisotopic (exact) mass is 492 g/mol. The van der Waals surface area contributed by atoms with E-state index in [2.05, 4.69) is 23.5 Å². The normalized spacial score (nSPS) is 14.0. The zero-order valence-corrected chi connectivity index (χ0v) is 21.1. The molecular formula is C28H32N2O4S. The third-order valence-electron chi connectivity index (χ3n) is 6.50. The van der Waals surface area contributed by atoms with Crippen LogP contribution in [0.1, 0.15) is 48.9 Å². The highest BCUT2D eigenvalue weighted by molar-refractivity contribution is 7.92. The summed E-state index contributed by atoms with van der Waals surface area (Å²) in [6.07, 6.45) is 5.28. The summed E-state index contributed by atoms with van der Waals surface area (Å²) in [7, 11) is -2.41. The number of benzene rings is 3. The predicted molar refractivity (Wildman–Crippen MR) is 138 cm³/mol. The first-order valence-corrected chi connectivity index (χ1v) is 13.5. The van der Waals surface area contributed by atoms with E-state index in [1.165, 1.54) is 36.1 Å². The molecule has 0 aliphatic heterocycles. The first-order chi connectivity index (χ1) is 16.9. The van der Waals surface area contributed by atoms with Crippen LogP contribution < -0.4 is 14.4 Å². The number of nitrogens with zero attached hydrogens (tertiary/aromatic N) is 1. The second kappa shape index (κ2) is 11.0. The third kappa shape index (κ3) is 5.68. The number of rotatable bonds is 9. The van der Waals surface area contributed by atoms with Crippen molar-refractivity contribution in [1.82, 2.24) is 5.32 Å². The minimum Gasteiger partial charge on any atom is -0.497 e. The average Bonchev–Trinajstić information content (AvgIpc) is 2.90. The summed E-state index contributed by atoms with van der Waals surface area (Å²) in [5.74, 6) is 0.249. The van der Waals surface area contributed by atoms with Crippen molar-refractivity contribution < 1.29 is 17.9 Å². The second-order valence-electron chi connectivity index (χ2n) is 8.79. The Kier molecular flexibility index (Phi) is 7.76. The van der Waals surface area contributed by atoms with Gasteiger partial charge >= 0.3 is 0 Å². The molecule has 35 heavy (non-hydrogen) atoms. The van der Waals surface area contributed by atoms with Gasteiger partial charge in [-0.25, -0.2) is 8.42 Å². The van der Waals surface area contributed by atoms with Crippen LogP contribution in [0.3, 0.4) is 0 Å². The van der Waals surface area contributed by atoms with Crippen molar-refractivity contribution in [1.29, 1.82) is 0 Å². The molecule has 1 amide bonds. The lowest BCUT2D eigenvalue weighted by Gasteiger charge is -2.26. The number of hydrogen-bond acceptors (Lipinski definition) is 4. The van der Waals surface area contributed by atoms with E-state index in [0.717, 1.165) is 22.7 Å². The lowest BCUT2D eigenvalue weighted by Crippen LogP contribution is -2.42. The van der Waals surface area contributed by atoms with Crippen LogP contribution in [0.2, 0.25) is 0 Å². The molecule has 0 spiro atoms. The summed E-state index contributed by atoms with van der Waals surface area (Å²) < 4.78 is 33.4.